The lowest BCUT2D eigenvalue weighted by Crippen LogP contribution is -2.25. The average Bonchev–Trinajstić information content (AvgIpc) is 3.61. The molecule has 0 radical (unpaired) electrons. The number of para-hydroxylation sites is 1. The van der Waals surface area contributed by atoms with Gasteiger partial charge in [0.2, 0.25) is 0 Å². The van der Waals surface area contributed by atoms with Gasteiger partial charge in [0, 0.05) is 22.9 Å². The summed E-state index contributed by atoms with van der Waals surface area (Å²) in [6.45, 7) is 6.52. The van der Waals surface area contributed by atoms with Crippen LogP contribution in [0.5, 0.6) is 5.75 Å². The van der Waals surface area contributed by atoms with E-state index >= 15 is 0 Å². The molecule has 0 saturated heterocycles. The van der Waals surface area contributed by atoms with Crippen molar-refractivity contribution in [2.24, 2.45) is 5.41 Å². The largest absolute Gasteiger partial charge is 0.490 e. The molecule has 0 spiro atoms. The molecule has 5 aromatic rings. The first-order valence-corrected chi connectivity index (χ1v) is 16.0. The van der Waals surface area contributed by atoms with Crippen LogP contribution >= 0.6 is 22.7 Å². The molecule has 2 N–H and O–H groups in total. The summed E-state index contributed by atoms with van der Waals surface area (Å²) in [5.41, 5.74) is 1.74. The highest BCUT2D eigenvalue weighted by Gasteiger charge is 2.28. The van der Waals surface area contributed by atoms with Gasteiger partial charge in [0.05, 0.1) is 23.4 Å². The van der Waals surface area contributed by atoms with Crippen LogP contribution in [0.2, 0.25) is 0 Å². The third kappa shape index (κ3) is 7.95. The molecular formula is C33H34FN7O3S2. The van der Waals surface area contributed by atoms with E-state index in [0.717, 1.165) is 15.8 Å². The molecule has 10 nitrogen and oxygen atoms in total. The van der Waals surface area contributed by atoms with Crippen molar-refractivity contribution in [3.63, 3.8) is 0 Å². The fourth-order valence-corrected chi connectivity index (χ4v) is 6.55. The minimum Gasteiger partial charge on any atom is -0.490 e. The number of ether oxygens (including phenoxy) is 1. The molecule has 0 unspecified atom stereocenters. The number of aromatic carboxylic acids is 1. The van der Waals surface area contributed by atoms with Gasteiger partial charge in [-0.15, -0.1) is 21.5 Å². The van der Waals surface area contributed by atoms with Gasteiger partial charge in [-0.05, 0) is 69.4 Å². The number of anilines is 4. The van der Waals surface area contributed by atoms with E-state index in [1.165, 1.54) is 28.7 Å². The summed E-state index contributed by atoms with van der Waals surface area (Å²) in [5.74, 6) is 5.50. The first-order chi connectivity index (χ1) is 21.9. The number of hydrogen-bond donors (Lipinski definition) is 2. The molecular weight excluding hydrogens is 626 g/mol. The fraction of sp³-hybridized carbons (Fsp3) is 0.303. The number of halogens is 1. The van der Waals surface area contributed by atoms with Crippen LogP contribution in [0.1, 0.15) is 40.3 Å². The molecule has 0 bridgehead atoms. The predicted molar refractivity (Wildman–Crippen MR) is 182 cm³/mol. The average molecular weight is 660 g/mol. The number of carboxylic acid groups (broad SMARTS) is 1. The molecule has 0 aliphatic rings. The zero-order valence-corrected chi connectivity index (χ0v) is 28.0. The molecule has 0 saturated carbocycles. The first-order valence-electron chi connectivity index (χ1n) is 14.4. The number of aromatic nitrogens is 4. The summed E-state index contributed by atoms with van der Waals surface area (Å²) in [5, 5.41) is 23.1. The molecule has 0 fully saturated rings. The Labute approximate surface area is 274 Å². The fourth-order valence-electron chi connectivity index (χ4n) is 4.41. The number of carbonyl (C=O) groups is 1. The molecule has 0 aliphatic heterocycles. The summed E-state index contributed by atoms with van der Waals surface area (Å²) < 4.78 is 21.7. The van der Waals surface area contributed by atoms with Gasteiger partial charge in [-0.1, -0.05) is 49.2 Å². The van der Waals surface area contributed by atoms with E-state index in [4.69, 9.17) is 4.74 Å². The Morgan fingerprint density at radius 2 is 1.87 bits per heavy atom. The van der Waals surface area contributed by atoms with Gasteiger partial charge in [-0.2, -0.15) is 0 Å². The van der Waals surface area contributed by atoms with Crippen LogP contribution < -0.4 is 15.0 Å². The summed E-state index contributed by atoms with van der Waals surface area (Å²) >= 11 is 2.79. The quantitative estimate of drug-likeness (QED) is 0.147. The maximum atomic E-state index is 14.8. The van der Waals surface area contributed by atoms with Crippen molar-refractivity contribution in [3.05, 3.63) is 76.0 Å². The molecule has 46 heavy (non-hydrogen) atoms. The number of fused-ring (bicyclic) bond motifs is 1. The Kier molecular flexibility index (Phi) is 9.81. The third-order valence-corrected chi connectivity index (χ3v) is 8.91. The topological polar surface area (TPSA) is 117 Å². The van der Waals surface area contributed by atoms with Crippen molar-refractivity contribution in [2.75, 3.05) is 44.5 Å². The van der Waals surface area contributed by atoms with Crippen LogP contribution in [0.4, 0.5) is 26.3 Å². The molecule has 2 aromatic carbocycles. The summed E-state index contributed by atoms with van der Waals surface area (Å²) in [6, 6.07) is 14.4. The number of aryl methyl sites for hydroxylation is 1. The molecule has 13 heteroatoms. The van der Waals surface area contributed by atoms with Crippen molar-refractivity contribution >= 4 is 60.8 Å². The smallest absolute Gasteiger partial charge is 0.355 e. The third-order valence-electron chi connectivity index (χ3n) is 6.83. The van der Waals surface area contributed by atoms with Crippen molar-refractivity contribution in [1.29, 1.82) is 0 Å². The number of carboxylic acids is 1. The highest BCUT2D eigenvalue weighted by atomic mass is 32.1. The van der Waals surface area contributed by atoms with Crippen LogP contribution in [0, 0.1) is 30.0 Å². The van der Waals surface area contributed by atoms with E-state index in [0.29, 0.717) is 45.3 Å². The number of hydrogen-bond acceptors (Lipinski definition) is 11. The van der Waals surface area contributed by atoms with Gasteiger partial charge in [-0.25, -0.2) is 19.2 Å². The standard InChI is InChI=1S/C33H34FN7O3S2/c1-20-16-27(38-39-29(20)37-31-35-23-11-7-8-12-25(23)45-31)41(6)32-36-28(30(42)43)26(46-32)18-33(2,3)19-44-24-14-13-21(17-22(24)34)10-9-15-40(4)5/h7-8,11-14,16-17H,15,18-19H2,1-6H3,(H,42,43)(H,35,37,39). The maximum Gasteiger partial charge on any atom is 0.355 e. The lowest BCUT2D eigenvalue weighted by molar-refractivity contribution is 0.0689. The van der Waals surface area contributed by atoms with Gasteiger partial charge < -0.3 is 20.1 Å². The number of nitrogens with one attached hydrogen (secondary N) is 1. The lowest BCUT2D eigenvalue weighted by Gasteiger charge is -2.24. The second-order valence-corrected chi connectivity index (χ2v) is 13.9. The van der Waals surface area contributed by atoms with Crippen molar-refractivity contribution < 1.29 is 19.0 Å². The number of thiazole rings is 2. The van der Waals surface area contributed by atoms with E-state index in [1.807, 2.05) is 70.1 Å². The second kappa shape index (κ2) is 13.8. The van der Waals surface area contributed by atoms with Crippen LogP contribution in [-0.2, 0) is 6.42 Å². The zero-order valence-electron chi connectivity index (χ0n) is 26.4. The Morgan fingerprint density at radius 1 is 1.09 bits per heavy atom. The molecule has 238 valence electrons. The van der Waals surface area contributed by atoms with E-state index in [9.17, 15) is 14.3 Å². The van der Waals surface area contributed by atoms with E-state index in [1.54, 1.807) is 24.1 Å². The molecule has 0 amide bonds. The van der Waals surface area contributed by atoms with Gasteiger partial charge in [0.1, 0.15) is 0 Å². The highest BCUT2D eigenvalue weighted by molar-refractivity contribution is 7.22. The molecule has 3 heterocycles. The minimum absolute atomic E-state index is 0.0365. The Hall–Kier alpha value is -4.64. The van der Waals surface area contributed by atoms with Crippen LogP contribution in [0.15, 0.2) is 48.5 Å². The second-order valence-electron chi connectivity index (χ2n) is 11.8. The summed E-state index contributed by atoms with van der Waals surface area (Å²) in [7, 11) is 5.60. The van der Waals surface area contributed by atoms with Crippen molar-refractivity contribution in [3.8, 4) is 17.6 Å². The highest BCUT2D eigenvalue weighted by Crippen LogP contribution is 2.36. The van der Waals surface area contributed by atoms with E-state index in [-0.39, 0.29) is 18.1 Å². The molecule has 0 aliphatic carbocycles. The maximum absolute atomic E-state index is 14.8. The van der Waals surface area contributed by atoms with Crippen LogP contribution in [-0.4, -0.2) is 70.4 Å². The SMILES string of the molecule is Cc1cc(N(C)c2nc(C(=O)O)c(CC(C)(C)COc3ccc(C#CCN(C)C)cc3F)s2)nnc1Nc1nc2ccccc2s1. The van der Waals surface area contributed by atoms with E-state index < -0.39 is 17.2 Å². The van der Waals surface area contributed by atoms with Crippen molar-refractivity contribution in [2.45, 2.75) is 27.2 Å². The van der Waals surface area contributed by atoms with E-state index in [2.05, 4.69) is 37.3 Å². The first kappa shape index (κ1) is 32.7. The predicted octanol–water partition coefficient (Wildman–Crippen LogP) is 6.76. The number of nitrogens with zero attached hydrogens (tertiary/aromatic N) is 6. The normalized spacial score (nSPS) is 11.4. The minimum atomic E-state index is -1.13. The van der Waals surface area contributed by atoms with Crippen molar-refractivity contribution in [1.82, 2.24) is 25.1 Å². The monoisotopic (exact) mass is 659 g/mol. The molecule has 0 atom stereocenters. The molecule has 5 rings (SSSR count). The summed E-state index contributed by atoms with van der Waals surface area (Å²) in [4.78, 5) is 25.4. The number of benzene rings is 2. The Balaban J connectivity index is 1.27. The lowest BCUT2D eigenvalue weighted by atomic mass is 9.89. The molecule has 3 aromatic heterocycles. The van der Waals surface area contributed by atoms with Crippen LogP contribution in [0.25, 0.3) is 10.2 Å². The van der Waals surface area contributed by atoms with Gasteiger partial charge in [-0.3, -0.25) is 4.90 Å². The zero-order chi connectivity index (χ0) is 33.0. The summed E-state index contributed by atoms with van der Waals surface area (Å²) in [6.07, 6.45) is 0.353. The van der Waals surface area contributed by atoms with Gasteiger partial charge >= 0.3 is 5.97 Å². The van der Waals surface area contributed by atoms with Gasteiger partial charge in [0.15, 0.2) is 39.2 Å². The Morgan fingerprint density at radius 3 is 2.57 bits per heavy atom. The van der Waals surface area contributed by atoms with Crippen LogP contribution in [0.3, 0.4) is 0 Å². The van der Waals surface area contributed by atoms with Gasteiger partial charge in [0.25, 0.3) is 0 Å². The Bertz CT molecular complexity index is 1910. The number of rotatable bonds is 11.